The zero-order valence-electron chi connectivity index (χ0n) is 14.8. The van der Waals surface area contributed by atoms with Crippen LogP contribution in [0, 0.1) is 5.92 Å². The number of benzene rings is 1. The molecular formula is C20H27N3O2. The molecule has 5 nitrogen and oxygen atoms in total. The number of carbonyl (C=O) groups is 2. The molecule has 2 aliphatic rings. The van der Waals surface area contributed by atoms with E-state index >= 15 is 0 Å². The van der Waals surface area contributed by atoms with E-state index in [4.69, 9.17) is 0 Å². The summed E-state index contributed by atoms with van der Waals surface area (Å²) in [7, 11) is 0. The van der Waals surface area contributed by atoms with Gasteiger partial charge in [-0.2, -0.15) is 0 Å². The molecule has 25 heavy (non-hydrogen) atoms. The van der Waals surface area contributed by atoms with E-state index in [9.17, 15) is 9.59 Å². The second-order valence-electron chi connectivity index (χ2n) is 7.11. The zero-order valence-corrected chi connectivity index (χ0v) is 14.8. The Labute approximate surface area is 149 Å². The summed E-state index contributed by atoms with van der Waals surface area (Å²) in [5, 5.41) is 8.79. The van der Waals surface area contributed by atoms with E-state index in [1.807, 2.05) is 31.2 Å². The van der Waals surface area contributed by atoms with E-state index in [-0.39, 0.29) is 18.0 Å². The summed E-state index contributed by atoms with van der Waals surface area (Å²) < 4.78 is 0. The van der Waals surface area contributed by atoms with Crippen molar-refractivity contribution in [3.8, 4) is 0 Å². The average molecular weight is 341 g/mol. The molecular weight excluding hydrogens is 314 g/mol. The van der Waals surface area contributed by atoms with E-state index in [1.165, 1.54) is 6.42 Å². The third-order valence-corrected chi connectivity index (χ3v) is 4.76. The van der Waals surface area contributed by atoms with Crippen LogP contribution in [0.3, 0.4) is 0 Å². The predicted molar refractivity (Wildman–Crippen MR) is 99.3 cm³/mol. The summed E-state index contributed by atoms with van der Waals surface area (Å²) in [6.07, 6.45) is 10.4. The summed E-state index contributed by atoms with van der Waals surface area (Å²) >= 11 is 0. The first-order valence-corrected chi connectivity index (χ1v) is 9.23. The molecule has 0 saturated heterocycles. The smallest absolute Gasteiger partial charge is 0.319 e. The first-order chi connectivity index (χ1) is 12.1. The SMILES string of the molecule is C[C@H](NC(=O)C[C@@H]1C=CCCC1)c1ccc(NC(=O)NC2CC2)cc1. The number of hydrogen-bond acceptors (Lipinski definition) is 2. The topological polar surface area (TPSA) is 70.2 Å². The van der Waals surface area contributed by atoms with Crippen molar-refractivity contribution in [2.45, 2.75) is 57.5 Å². The lowest BCUT2D eigenvalue weighted by molar-refractivity contribution is -0.122. The van der Waals surface area contributed by atoms with Gasteiger partial charge in [-0.05, 0) is 62.6 Å². The Balaban J connectivity index is 1.46. The van der Waals surface area contributed by atoms with Gasteiger partial charge in [-0.3, -0.25) is 4.79 Å². The molecule has 0 bridgehead atoms. The molecule has 0 aliphatic heterocycles. The molecule has 1 aromatic rings. The lowest BCUT2D eigenvalue weighted by atomic mass is 9.92. The highest BCUT2D eigenvalue weighted by atomic mass is 16.2. The number of carbonyl (C=O) groups excluding carboxylic acids is 2. The third-order valence-electron chi connectivity index (χ3n) is 4.76. The van der Waals surface area contributed by atoms with Crippen LogP contribution in [-0.2, 0) is 4.79 Å². The van der Waals surface area contributed by atoms with E-state index in [0.717, 1.165) is 36.9 Å². The highest BCUT2D eigenvalue weighted by Gasteiger charge is 2.23. The van der Waals surface area contributed by atoms with Crippen molar-refractivity contribution >= 4 is 17.6 Å². The van der Waals surface area contributed by atoms with E-state index in [0.29, 0.717) is 18.4 Å². The van der Waals surface area contributed by atoms with Crippen LogP contribution >= 0.6 is 0 Å². The lowest BCUT2D eigenvalue weighted by Gasteiger charge is -2.19. The summed E-state index contributed by atoms with van der Waals surface area (Å²) in [5.74, 6) is 0.465. The fourth-order valence-corrected chi connectivity index (χ4v) is 3.11. The molecule has 134 valence electrons. The van der Waals surface area contributed by atoms with Gasteiger partial charge in [0.2, 0.25) is 5.91 Å². The molecule has 5 heteroatoms. The second-order valence-corrected chi connectivity index (χ2v) is 7.11. The Kier molecular flexibility index (Phi) is 5.74. The first-order valence-electron chi connectivity index (χ1n) is 9.23. The maximum atomic E-state index is 12.2. The van der Waals surface area contributed by atoms with Gasteiger partial charge in [0.15, 0.2) is 0 Å². The number of rotatable bonds is 6. The standard InChI is InChI=1S/C20H27N3O2/c1-14(21-19(24)13-15-5-3-2-4-6-15)16-7-9-17(10-8-16)22-20(25)23-18-11-12-18/h3,5,7-10,14-15,18H,2,4,6,11-13H2,1H3,(H,21,24)(H2,22,23,25)/t14-,15+/m0/s1. The molecule has 3 rings (SSSR count). The van der Waals surface area contributed by atoms with E-state index < -0.39 is 0 Å². The molecule has 1 saturated carbocycles. The minimum Gasteiger partial charge on any atom is -0.350 e. The van der Waals surface area contributed by atoms with Gasteiger partial charge in [-0.25, -0.2) is 4.79 Å². The van der Waals surface area contributed by atoms with Crippen LogP contribution in [0.25, 0.3) is 0 Å². The predicted octanol–water partition coefficient (Wildman–Crippen LogP) is 3.89. The van der Waals surface area contributed by atoms with Crippen molar-refractivity contribution in [1.29, 1.82) is 0 Å². The largest absolute Gasteiger partial charge is 0.350 e. The Morgan fingerprint density at radius 3 is 2.56 bits per heavy atom. The summed E-state index contributed by atoms with van der Waals surface area (Å²) in [6.45, 7) is 1.98. The van der Waals surface area contributed by atoms with Crippen LogP contribution < -0.4 is 16.0 Å². The molecule has 2 atom stereocenters. The second kappa shape index (κ2) is 8.19. The Morgan fingerprint density at radius 2 is 1.92 bits per heavy atom. The molecule has 1 fully saturated rings. The number of nitrogens with one attached hydrogen (secondary N) is 3. The van der Waals surface area contributed by atoms with Gasteiger partial charge in [0.05, 0.1) is 6.04 Å². The van der Waals surface area contributed by atoms with E-state index in [2.05, 4.69) is 28.1 Å². The monoisotopic (exact) mass is 341 g/mol. The zero-order chi connectivity index (χ0) is 17.6. The van der Waals surface area contributed by atoms with Crippen LogP contribution in [0.15, 0.2) is 36.4 Å². The number of allylic oxidation sites excluding steroid dienone is 2. The van der Waals surface area contributed by atoms with Crippen molar-refractivity contribution < 1.29 is 9.59 Å². The van der Waals surface area contributed by atoms with Gasteiger partial charge in [-0.1, -0.05) is 24.3 Å². The molecule has 0 radical (unpaired) electrons. The maximum Gasteiger partial charge on any atom is 0.319 e. The highest BCUT2D eigenvalue weighted by Crippen LogP contribution is 2.22. The van der Waals surface area contributed by atoms with Crippen molar-refractivity contribution in [2.75, 3.05) is 5.32 Å². The average Bonchev–Trinajstić information content (AvgIpc) is 3.40. The number of urea groups is 1. The van der Waals surface area contributed by atoms with Gasteiger partial charge in [0, 0.05) is 18.2 Å². The van der Waals surface area contributed by atoms with Crippen LogP contribution in [-0.4, -0.2) is 18.0 Å². The molecule has 0 spiro atoms. The lowest BCUT2D eigenvalue weighted by Crippen LogP contribution is -2.30. The molecule has 0 heterocycles. The van der Waals surface area contributed by atoms with Crippen LogP contribution in [0.5, 0.6) is 0 Å². The van der Waals surface area contributed by atoms with Crippen LogP contribution in [0.2, 0.25) is 0 Å². The fourth-order valence-electron chi connectivity index (χ4n) is 3.11. The number of anilines is 1. The van der Waals surface area contributed by atoms with Crippen molar-refractivity contribution in [1.82, 2.24) is 10.6 Å². The Morgan fingerprint density at radius 1 is 1.16 bits per heavy atom. The van der Waals surface area contributed by atoms with Crippen LogP contribution in [0.4, 0.5) is 10.5 Å². The normalized spacial score (nSPS) is 20.6. The Hall–Kier alpha value is -2.30. The van der Waals surface area contributed by atoms with Gasteiger partial charge in [0.1, 0.15) is 0 Å². The summed E-state index contributed by atoms with van der Waals surface area (Å²) in [4.78, 5) is 23.9. The molecule has 0 aromatic heterocycles. The molecule has 2 aliphatic carbocycles. The minimum atomic E-state index is -0.155. The molecule has 1 aromatic carbocycles. The quantitative estimate of drug-likeness (QED) is 0.687. The van der Waals surface area contributed by atoms with Crippen LogP contribution in [0.1, 0.15) is 57.1 Å². The maximum absolute atomic E-state index is 12.2. The first kappa shape index (κ1) is 17.5. The van der Waals surface area contributed by atoms with E-state index in [1.54, 1.807) is 0 Å². The third kappa shape index (κ3) is 5.62. The summed E-state index contributed by atoms with van der Waals surface area (Å²) in [5.41, 5.74) is 1.79. The van der Waals surface area contributed by atoms with Gasteiger partial charge >= 0.3 is 6.03 Å². The van der Waals surface area contributed by atoms with Crippen molar-refractivity contribution in [2.24, 2.45) is 5.92 Å². The fraction of sp³-hybridized carbons (Fsp3) is 0.500. The molecule has 0 unspecified atom stereocenters. The summed E-state index contributed by atoms with van der Waals surface area (Å²) in [6, 6.07) is 7.76. The molecule has 3 amide bonds. The van der Waals surface area contributed by atoms with Gasteiger partial charge < -0.3 is 16.0 Å². The van der Waals surface area contributed by atoms with Crippen molar-refractivity contribution in [3.63, 3.8) is 0 Å². The molecule has 3 N–H and O–H groups in total. The van der Waals surface area contributed by atoms with Crippen molar-refractivity contribution in [3.05, 3.63) is 42.0 Å². The number of amides is 3. The number of hydrogen-bond donors (Lipinski definition) is 3. The minimum absolute atomic E-state index is 0.0468. The Bertz CT molecular complexity index is 635. The van der Waals surface area contributed by atoms with Gasteiger partial charge in [-0.15, -0.1) is 0 Å². The highest BCUT2D eigenvalue weighted by molar-refractivity contribution is 5.89. The van der Waals surface area contributed by atoms with Gasteiger partial charge in [0.25, 0.3) is 0 Å².